The molecule has 0 aliphatic rings. The summed E-state index contributed by atoms with van der Waals surface area (Å²) in [6.45, 7) is -6.51. The van der Waals surface area contributed by atoms with Crippen molar-refractivity contribution in [1.82, 2.24) is 15.0 Å². The zero-order valence-corrected chi connectivity index (χ0v) is 16.3. The predicted molar refractivity (Wildman–Crippen MR) is 96.8 cm³/mol. The lowest BCUT2D eigenvalue weighted by atomic mass is 10.3. The number of pyridine rings is 1. The van der Waals surface area contributed by atoms with Crippen LogP contribution >= 0.6 is 0 Å². The first kappa shape index (κ1) is 21.6. The molecule has 1 unspecified atom stereocenters. The molecule has 0 aliphatic carbocycles. The highest BCUT2D eigenvalue weighted by Gasteiger charge is 2.19. The average molecular weight is 449 g/mol. The molecule has 1 atom stereocenters. The molecule has 0 bridgehead atoms. The minimum absolute atomic E-state index is 0.0150. The second-order valence-corrected chi connectivity index (χ2v) is 7.00. The monoisotopic (exact) mass is 449 g/mol. The van der Waals surface area contributed by atoms with Crippen LogP contribution < -0.4 is 18.9 Å². The summed E-state index contributed by atoms with van der Waals surface area (Å²) in [5.74, 6) is -0.495. The van der Waals surface area contributed by atoms with E-state index in [0.29, 0.717) is 17.2 Å². The molecule has 8 nitrogen and oxygen atoms in total. The Balaban J connectivity index is 1.89. The Morgan fingerprint density at radius 2 is 1.60 bits per heavy atom. The highest BCUT2D eigenvalue weighted by Crippen LogP contribution is 2.34. The molecule has 30 heavy (non-hydrogen) atoms. The van der Waals surface area contributed by atoms with Gasteiger partial charge in [-0.05, 0) is 0 Å². The van der Waals surface area contributed by atoms with Crippen LogP contribution in [0.1, 0.15) is 5.69 Å². The van der Waals surface area contributed by atoms with Crippen LogP contribution in [0.4, 0.5) is 17.6 Å². The summed E-state index contributed by atoms with van der Waals surface area (Å²) < 4.78 is 81.6. The molecule has 0 saturated carbocycles. The molecule has 2 heterocycles. The number of nitrogens with one attached hydrogen (secondary N) is 1. The summed E-state index contributed by atoms with van der Waals surface area (Å²) in [7, 11) is 1.16. The molecule has 0 aliphatic heterocycles. The van der Waals surface area contributed by atoms with Crippen LogP contribution in [0.3, 0.4) is 0 Å². The van der Waals surface area contributed by atoms with Gasteiger partial charge in [-0.3, -0.25) is 9.19 Å². The number of H-pyrrole nitrogens is 1. The molecule has 162 valence electrons. The van der Waals surface area contributed by atoms with Gasteiger partial charge in [-0.25, -0.2) is 4.98 Å². The van der Waals surface area contributed by atoms with Crippen LogP contribution in [0, 0.1) is 0 Å². The van der Waals surface area contributed by atoms with Crippen molar-refractivity contribution >= 4 is 21.8 Å². The number of nitrogens with zero attached hydrogens (tertiary/aromatic N) is 2. The van der Waals surface area contributed by atoms with Crippen LogP contribution in [0.15, 0.2) is 29.6 Å². The van der Waals surface area contributed by atoms with Crippen molar-refractivity contribution in [2.45, 2.75) is 24.1 Å². The van der Waals surface area contributed by atoms with Gasteiger partial charge in [-0.1, -0.05) is 0 Å². The highest BCUT2D eigenvalue weighted by molar-refractivity contribution is 7.84. The van der Waals surface area contributed by atoms with Gasteiger partial charge in [0.25, 0.3) is 0 Å². The number of imidazole rings is 1. The third-order valence-electron chi connectivity index (χ3n) is 3.78. The molecule has 2 aromatic heterocycles. The van der Waals surface area contributed by atoms with E-state index >= 15 is 0 Å². The normalized spacial score (nSPS) is 12.4. The van der Waals surface area contributed by atoms with E-state index in [1.54, 1.807) is 6.07 Å². The van der Waals surface area contributed by atoms with E-state index in [1.165, 1.54) is 20.4 Å². The van der Waals surface area contributed by atoms with Gasteiger partial charge in [0, 0.05) is 18.2 Å². The maximum Gasteiger partial charge on any atom is 0.387 e. The molecular weight excluding hydrogens is 434 g/mol. The Labute approximate surface area is 169 Å². The number of hydrogen-bond acceptors (Lipinski definition) is 7. The molecule has 1 aromatic carbocycles. The van der Waals surface area contributed by atoms with Crippen molar-refractivity contribution in [2.75, 3.05) is 14.2 Å². The van der Waals surface area contributed by atoms with Crippen molar-refractivity contribution < 1.29 is 40.7 Å². The van der Waals surface area contributed by atoms with Crippen LogP contribution in [0.2, 0.25) is 0 Å². The summed E-state index contributed by atoms with van der Waals surface area (Å²) in [6.07, 6.45) is 1.41. The number of halogens is 4. The van der Waals surface area contributed by atoms with Crippen LogP contribution in [-0.4, -0.2) is 46.6 Å². The average Bonchev–Trinajstić information content (AvgIpc) is 3.10. The molecule has 0 fully saturated rings. The fraction of sp³-hybridized carbons (Fsp3) is 0.294. The van der Waals surface area contributed by atoms with E-state index in [0.717, 1.165) is 12.1 Å². The zero-order valence-electron chi connectivity index (χ0n) is 15.5. The fourth-order valence-corrected chi connectivity index (χ4v) is 3.52. The van der Waals surface area contributed by atoms with Gasteiger partial charge in [0.15, 0.2) is 28.2 Å². The molecule has 1 N–H and O–H groups in total. The van der Waals surface area contributed by atoms with Crippen molar-refractivity contribution in [1.29, 1.82) is 0 Å². The first-order valence-electron chi connectivity index (χ1n) is 8.19. The number of hydrogen-bond donors (Lipinski definition) is 1. The predicted octanol–water partition coefficient (Wildman–Crippen LogP) is 3.49. The van der Waals surface area contributed by atoms with Gasteiger partial charge in [0.1, 0.15) is 0 Å². The number of methoxy groups -OCH3 is 2. The molecule has 3 rings (SSSR count). The van der Waals surface area contributed by atoms with Crippen molar-refractivity contribution in [3.05, 3.63) is 30.1 Å². The first-order chi connectivity index (χ1) is 14.3. The first-order valence-corrected chi connectivity index (χ1v) is 9.51. The van der Waals surface area contributed by atoms with Crippen LogP contribution in [-0.2, 0) is 16.6 Å². The summed E-state index contributed by atoms with van der Waals surface area (Å²) in [4.78, 5) is 10.9. The molecular formula is C17H15F4N3O5S. The maximum absolute atomic E-state index is 12.7. The number of alkyl halides is 4. The second kappa shape index (κ2) is 9.15. The molecule has 3 aromatic rings. The Morgan fingerprint density at radius 1 is 0.967 bits per heavy atom. The molecule has 0 amide bonds. The SMILES string of the molecule is COc1cnc(CS(=O)c2nc3cc(OC(F)F)c(OC(F)F)cc3[nH]2)cc1OC. The zero-order chi connectivity index (χ0) is 21.8. The minimum Gasteiger partial charge on any atom is -0.493 e. The standard InChI is InChI=1S/C17H15F4N3O5S/c1-26-11-3-8(22-6-14(11)27-2)7-30(25)17-23-9-4-12(28-15(18)19)13(29-16(20)21)5-10(9)24-17/h3-6,15-16H,7H2,1-2H3,(H,23,24). The van der Waals surface area contributed by atoms with Crippen molar-refractivity contribution in [3.8, 4) is 23.0 Å². The van der Waals surface area contributed by atoms with E-state index in [-0.39, 0.29) is 21.9 Å². The molecule has 13 heteroatoms. The topological polar surface area (TPSA) is 95.6 Å². The number of aromatic amines is 1. The number of rotatable bonds is 9. The molecule has 0 radical (unpaired) electrons. The van der Waals surface area contributed by atoms with Gasteiger partial charge in [0.2, 0.25) is 0 Å². The summed E-state index contributed by atoms with van der Waals surface area (Å²) in [6, 6.07) is 3.55. The van der Waals surface area contributed by atoms with Crippen LogP contribution in [0.25, 0.3) is 11.0 Å². The Bertz CT molecular complexity index is 1020. The number of fused-ring (bicyclic) bond motifs is 1. The van der Waals surface area contributed by atoms with E-state index in [9.17, 15) is 21.8 Å². The number of benzene rings is 1. The van der Waals surface area contributed by atoms with Gasteiger partial charge >= 0.3 is 13.2 Å². The summed E-state index contributed by atoms with van der Waals surface area (Å²) in [5, 5.41) is -0.0150. The van der Waals surface area contributed by atoms with Crippen LogP contribution in [0.5, 0.6) is 23.0 Å². The third-order valence-corrected chi connectivity index (χ3v) is 4.96. The lowest BCUT2D eigenvalue weighted by molar-refractivity contribution is -0.0690. The van der Waals surface area contributed by atoms with Gasteiger partial charge in [-0.2, -0.15) is 17.6 Å². The van der Waals surface area contributed by atoms with Gasteiger partial charge in [-0.15, -0.1) is 0 Å². The lowest BCUT2D eigenvalue weighted by Gasteiger charge is -2.11. The Hall–Kier alpha value is -3.09. The summed E-state index contributed by atoms with van der Waals surface area (Å²) in [5.41, 5.74) is 0.640. The minimum atomic E-state index is -3.26. The largest absolute Gasteiger partial charge is 0.493 e. The van der Waals surface area contributed by atoms with Crippen molar-refractivity contribution in [2.24, 2.45) is 0 Å². The van der Waals surface area contributed by atoms with E-state index in [2.05, 4.69) is 24.4 Å². The fourth-order valence-electron chi connectivity index (χ4n) is 2.54. The number of ether oxygens (including phenoxy) is 4. The molecule has 0 spiro atoms. The van der Waals surface area contributed by atoms with E-state index in [1.807, 2.05) is 0 Å². The Morgan fingerprint density at radius 3 is 2.20 bits per heavy atom. The Kier molecular flexibility index (Phi) is 6.59. The smallest absolute Gasteiger partial charge is 0.387 e. The van der Waals surface area contributed by atoms with E-state index < -0.39 is 35.5 Å². The lowest BCUT2D eigenvalue weighted by Crippen LogP contribution is -2.07. The second-order valence-electron chi connectivity index (χ2n) is 5.64. The van der Waals surface area contributed by atoms with Gasteiger partial charge < -0.3 is 23.9 Å². The van der Waals surface area contributed by atoms with Gasteiger partial charge in [0.05, 0.1) is 53.7 Å². The highest BCUT2D eigenvalue weighted by atomic mass is 32.2. The summed E-state index contributed by atoms with van der Waals surface area (Å²) >= 11 is 0. The molecule has 0 saturated heterocycles. The maximum atomic E-state index is 12.7. The van der Waals surface area contributed by atoms with E-state index in [4.69, 9.17) is 9.47 Å². The van der Waals surface area contributed by atoms with Crippen molar-refractivity contribution in [3.63, 3.8) is 0 Å². The number of aromatic nitrogens is 3. The third kappa shape index (κ3) is 4.90. The quantitative estimate of drug-likeness (QED) is 0.500.